The molecule has 0 N–H and O–H groups in total. The van der Waals surface area contributed by atoms with Gasteiger partial charge in [-0.3, -0.25) is 4.99 Å². The van der Waals surface area contributed by atoms with Gasteiger partial charge in [0.15, 0.2) is 0 Å². The van der Waals surface area contributed by atoms with Crippen LogP contribution in [0.1, 0.15) is 12.5 Å². The first-order valence-electron chi connectivity index (χ1n) is 6.07. The van der Waals surface area contributed by atoms with Crippen molar-refractivity contribution in [1.82, 2.24) is 4.57 Å². The second-order valence-electron chi connectivity index (χ2n) is 4.11. The molecule has 19 heavy (non-hydrogen) atoms. The van der Waals surface area contributed by atoms with E-state index in [1.54, 1.807) is 12.3 Å². The monoisotopic (exact) mass is 249 g/mol. The standard InChI is InChI=1S/C16H15N3/c1-3-5-15(18-4-2)12-19-9-8-14-7-6-13(11-17)10-16(14)19/h3-10H,1,12H2,2H3/b15-5-,18-4?. The zero-order valence-electron chi connectivity index (χ0n) is 10.9. The number of nitrogens with zero attached hydrogens (tertiary/aromatic N) is 3. The molecular weight excluding hydrogens is 234 g/mol. The molecule has 1 heterocycles. The SMILES string of the molecule is C=C/C=C(/Cn1ccc2ccc(C#N)cc21)N=CC. The summed E-state index contributed by atoms with van der Waals surface area (Å²) in [6.45, 7) is 6.25. The molecule has 3 heteroatoms. The molecule has 0 radical (unpaired) electrons. The normalized spacial score (nSPS) is 11.9. The Morgan fingerprint density at radius 3 is 3.00 bits per heavy atom. The number of aliphatic imine (C=N–C) groups is 1. The first-order chi connectivity index (χ1) is 9.28. The zero-order chi connectivity index (χ0) is 13.7. The van der Waals surface area contributed by atoms with Gasteiger partial charge in [-0.1, -0.05) is 18.7 Å². The number of aromatic nitrogens is 1. The van der Waals surface area contributed by atoms with Crippen molar-refractivity contribution < 1.29 is 0 Å². The van der Waals surface area contributed by atoms with Crippen molar-refractivity contribution >= 4 is 17.1 Å². The van der Waals surface area contributed by atoms with Crippen LogP contribution in [0.4, 0.5) is 0 Å². The minimum Gasteiger partial charge on any atom is -0.341 e. The summed E-state index contributed by atoms with van der Waals surface area (Å²) in [7, 11) is 0. The van der Waals surface area contributed by atoms with Gasteiger partial charge >= 0.3 is 0 Å². The lowest BCUT2D eigenvalue weighted by atomic mass is 10.2. The summed E-state index contributed by atoms with van der Waals surface area (Å²) in [5, 5.41) is 10.1. The van der Waals surface area contributed by atoms with Crippen molar-refractivity contribution in [3.63, 3.8) is 0 Å². The van der Waals surface area contributed by atoms with Gasteiger partial charge in [0.1, 0.15) is 0 Å². The Bertz CT molecular complexity index is 696. The van der Waals surface area contributed by atoms with Crippen molar-refractivity contribution in [2.45, 2.75) is 13.5 Å². The number of benzene rings is 1. The molecule has 0 unspecified atom stereocenters. The molecule has 0 aliphatic carbocycles. The molecule has 0 aliphatic heterocycles. The Balaban J connectivity index is 2.43. The molecule has 0 bridgehead atoms. The van der Waals surface area contributed by atoms with Crippen molar-refractivity contribution in [3.05, 3.63) is 60.5 Å². The predicted octanol–water partition coefficient (Wildman–Crippen LogP) is 3.67. The zero-order valence-corrected chi connectivity index (χ0v) is 10.9. The summed E-state index contributed by atoms with van der Waals surface area (Å²) >= 11 is 0. The summed E-state index contributed by atoms with van der Waals surface area (Å²) < 4.78 is 2.08. The summed E-state index contributed by atoms with van der Waals surface area (Å²) in [6.07, 6.45) is 7.39. The quantitative estimate of drug-likeness (QED) is 0.602. The number of allylic oxidation sites excluding steroid dienone is 3. The molecule has 0 fully saturated rings. The van der Waals surface area contributed by atoms with E-state index < -0.39 is 0 Å². The predicted molar refractivity (Wildman–Crippen MR) is 79.1 cm³/mol. The van der Waals surface area contributed by atoms with Crippen molar-refractivity contribution in [2.24, 2.45) is 4.99 Å². The molecule has 0 spiro atoms. The fourth-order valence-electron chi connectivity index (χ4n) is 2.00. The van der Waals surface area contributed by atoms with Crippen LogP contribution in [0.15, 0.2) is 59.9 Å². The van der Waals surface area contributed by atoms with Gasteiger partial charge in [0.05, 0.1) is 23.9 Å². The topological polar surface area (TPSA) is 41.1 Å². The third-order valence-electron chi connectivity index (χ3n) is 2.84. The molecule has 0 atom stereocenters. The molecule has 1 aromatic heterocycles. The first kappa shape index (κ1) is 12.8. The van der Waals surface area contributed by atoms with E-state index in [9.17, 15) is 0 Å². The lowest BCUT2D eigenvalue weighted by molar-refractivity contribution is 0.811. The molecule has 3 nitrogen and oxygen atoms in total. The molecule has 0 saturated heterocycles. The van der Waals surface area contributed by atoms with Gasteiger partial charge in [0, 0.05) is 17.9 Å². The highest BCUT2D eigenvalue weighted by molar-refractivity contribution is 5.81. The summed E-state index contributed by atoms with van der Waals surface area (Å²) in [6, 6.07) is 9.90. The molecule has 0 saturated carbocycles. The Kier molecular flexibility index (Phi) is 3.94. The average Bonchev–Trinajstić information content (AvgIpc) is 2.82. The summed E-state index contributed by atoms with van der Waals surface area (Å²) in [5.41, 5.74) is 2.64. The van der Waals surface area contributed by atoms with Crippen molar-refractivity contribution in [2.75, 3.05) is 0 Å². The number of rotatable bonds is 4. The lowest BCUT2D eigenvalue weighted by Crippen LogP contribution is -1.98. The number of fused-ring (bicyclic) bond motifs is 1. The third kappa shape index (κ3) is 2.80. The molecule has 1 aromatic carbocycles. The average molecular weight is 249 g/mol. The highest BCUT2D eigenvalue weighted by atomic mass is 15.0. The van der Waals surface area contributed by atoms with E-state index >= 15 is 0 Å². The van der Waals surface area contributed by atoms with E-state index in [1.165, 1.54) is 0 Å². The maximum atomic E-state index is 8.97. The Morgan fingerprint density at radius 2 is 2.32 bits per heavy atom. The van der Waals surface area contributed by atoms with E-state index in [4.69, 9.17) is 5.26 Å². The van der Waals surface area contributed by atoms with Crippen LogP contribution in [0.3, 0.4) is 0 Å². The van der Waals surface area contributed by atoms with E-state index in [0.717, 1.165) is 16.6 Å². The van der Waals surface area contributed by atoms with Gasteiger partial charge in [-0.2, -0.15) is 5.26 Å². The van der Waals surface area contributed by atoms with Crippen LogP contribution in [0.2, 0.25) is 0 Å². The number of hydrogen-bond acceptors (Lipinski definition) is 2. The van der Waals surface area contributed by atoms with Gasteiger partial charge in [0.2, 0.25) is 0 Å². The third-order valence-corrected chi connectivity index (χ3v) is 2.84. The highest BCUT2D eigenvalue weighted by Gasteiger charge is 2.03. The Morgan fingerprint density at radius 1 is 1.47 bits per heavy atom. The molecule has 2 aromatic rings. The van der Waals surface area contributed by atoms with Crippen LogP contribution in [0.5, 0.6) is 0 Å². The fourth-order valence-corrected chi connectivity index (χ4v) is 2.00. The summed E-state index contributed by atoms with van der Waals surface area (Å²) in [5.74, 6) is 0. The van der Waals surface area contributed by atoms with Crippen LogP contribution in [0.25, 0.3) is 10.9 Å². The Hall–Kier alpha value is -2.60. The molecule has 0 amide bonds. The second kappa shape index (κ2) is 5.83. The number of hydrogen-bond donors (Lipinski definition) is 0. The lowest BCUT2D eigenvalue weighted by Gasteiger charge is -2.06. The van der Waals surface area contributed by atoms with Crippen molar-refractivity contribution in [3.8, 4) is 6.07 Å². The van der Waals surface area contributed by atoms with Crippen LogP contribution >= 0.6 is 0 Å². The fraction of sp³-hybridized carbons (Fsp3) is 0.125. The van der Waals surface area contributed by atoms with E-state index in [-0.39, 0.29) is 0 Å². The second-order valence-corrected chi connectivity index (χ2v) is 4.11. The van der Waals surface area contributed by atoms with Gasteiger partial charge in [-0.15, -0.1) is 0 Å². The van der Waals surface area contributed by atoms with E-state index in [0.29, 0.717) is 12.1 Å². The van der Waals surface area contributed by atoms with Crippen LogP contribution in [-0.4, -0.2) is 10.8 Å². The maximum absolute atomic E-state index is 8.97. The van der Waals surface area contributed by atoms with Gasteiger partial charge in [0.25, 0.3) is 0 Å². The smallest absolute Gasteiger partial charge is 0.0992 e. The molecule has 0 aliphatic rings. The largest absolute Gasteiger partial charge is 0.341 e. The summed E-state index contributed by atoms with van der Waals surface area (Å²) in [4.78, 5) is 4.32. The number of nitriles is 1. The maximum Gasteiger partial charge on any atom is 0.0992 e. The minimum atomic E-state index is 0.661. The molecule has 2 rings (SSSR count). The first-order valence-corrected chi connectivity index (χ1v) is 6.07. The van der Waals surface area contributed by atoms with Gasteiger partial charge in [-0.25, -0.2) is 0 Å². The van der Waals surface area contributed by atoms with Gasteiger partial charge < -0.3 is 4.57 Å². The van der Waals surface area contributed by atoms with Crippen molar-refractivity contribution in [1.29, 1.82) is 5.26 Å². The minimum absolute atomic E-state index is 0.661. The van der Waals surface area contributed by atoms with Crippen LogP contribution in [-0.2, 0) is 6.54 Å². The van der Waals surface area contributed by atoms with E-state index in [1.807, 2.05) is 43.5 Å². The van der Waals surface area contributed by atoms with Crippen LogP contribution in [0, 0.1) is 11.3 Å². The molecule has 94 valence electrons. The Labute approximate surface area is 112 Å². The highest BCUT2D eigenvalue weighted by Crippen LogP contribution is 2.19. The van der Waals surface area contributed by atoms with Gasteiger partial charge in [-0.05, 0) is 36.6 Å². The van der Waals surface area contributed by atoms with Crippen LogP contribution < -0.4 is 0 Å². The molecular formula is C16H15N3. The van der Waals surface area contributed by atoms with E-state index in [2.05, 4.69) is 22.2 Å².